The van der Waals surface area contributed by atoms with E-state index in [-0.39, 0.29) is 0 Å². The molecule has 1 saturated heterocycles. The second-order valence-electron chi connectivity index (χ2n) is 6.36. The number of aliphatic imine (C=N–C) groups is 1. The first kappa shape index (κ1) is 17.5. The van der Waals surface area contributed by atoms with Gasteiger partial charge in [0.15, 0.2) is 5.96 Å². The number of benzene rings is 1. The number of nitrogens with zero attached hydrogens (tertiary/aromatic N) is 3. The number of aromatic nitrogens is 2. The maximum atomic E-state index is 5.63. The Morgan fingerprint density at radius 3 is 2.96 bits per heavy atom. The van der Waals surface area contributed by atoms with Crippen molar-refractivity contribution < 1.29 is 4.74 Å². The predicted octanol–water partition coefficient (Wildman–Crippen LogP) is 2.08. The third kappa shape index (κ3) is 5.06. The molecule has 25 heavy (non-hydrogen) atoms. The zero-order valence-electron chi connectivity index (χ0n) is 15.0. The molecule has 0 radical (unpaired) electrons. The van der Waals surface area contributed by atoms with Crippen LogP contribution < -0.4 is 10.6 Å². The molecule has 6 heteroatoms. The number of nitrogens with one attached hydrogen (secondary N) is 2. The van der Waals surface area contributed by atoms with E-state index in [1.165, 1.54) is 11.1 Å². The molecule has 6 nitrogen and oxygen atoms in total. The van der Waals surface area contributed by atoms with E-state index in [2.05, 4.69) is 49.4 Å². The molecule has 1 atom stereocenters. The normalized spacial score (nSPS) is 17.7. The van der Waals surface area contributed by atoms with Gasteiger partial charge in [0.1, 0.15) is 5.82 Å². The molecule has 1 aromatic carbocycles. The van der Waals surface area contributed by atoms with Crippen molar-refractivity contribution in [1.29, 1.82) is 0 Å². The average molecular weight is 341 g/mol. The molecule has 2 aromatic rings. The average Bonchev–Trinajstić information content (AvgIpc) is 3.28. The Labute approximate surface area is 149 Å². The van der Waals surface area contributed by atoms with Crippen molar-refractivity contribution in [1.82, 2.24) is 20.2 Å². The Balaban J connectivity index is 1.51. The summed E-state index contributed by atoms with van der Waals surface area (Å²) in [5, 5.41) is 6.71. The summed E-state index contributed by atoms with van der Waals surface area (Å²) in [6.45, 7) is 5.28. The first-order valence-corrected chi connectivity index (χ1v) is 8.86. The van der Waals surface area contributed by atoms with Crippen LogP contribution in [-0.2, 0) is 17.8 Å². The summed E-state index contributed by atoms with van der Waals surface area (Å²) >= 11 is 0. The number of rotatable bonds is 6. The van der Waals surface area contributed by atoms with Crippen molar-refractivity contribution >= 4 is 5.96 Å². The van der Waals surface area contributed by atoms with Gasteiger partial charge in [-0.15, -0.1) is 0 Å². The van der Waals surface area contributed by atoms with Gasteiger partial charge >= 0.3 is 0 Å². The van der Waals surface area contributed by atoms with Gasteiger partial charge in [-0.1, -0.05) is 24.3 Å². The lowest BCUT2D eigenvalue weighted by Gasteiger charge is -2.15. The molecular formula is C19H27N5O. The van der Waals surface area contributed by atoms with Crippen LogP contribution in [0.2, 0.25) is 0 Å². The quantitative estimate of drug-likeness (QED) is 0.624. The van der Waals surface area contributed by atoms with Crippen LogP contribution in [0.4, 0.5) is 0 Å². The lowest BCUT2D eigenvalue weighted by Crippen LogP contribution is -2.40. The van der Waals surface area contributed by atoms with Crippen LogP contribution in [0.15, 0.2) is 41.7 Å². The van der Waals surface area contributed by atoms with Crippen LogP contribution in [0.25, 0.3) is 0 Å². The van der Waals surface area contributed by atoms with E-state index >= 15 is 0 Å². The summed E-state index contributed by atoms with van der Waals surface area (Å²) in [4.78, 5) is 8.56. The van der Waals surface area contributed by atoms with Gasteiger partial charge in [-0.05, 0) is 30.9 Å². The Kier molecular flexibility index (Phi) is 6.06. The molecule has 0 aliphatic carbocycles. The molecule has 1 fully saturated rings. The fourth-order valence-electron chi connectivity index (χ4n) is 3.03. The fourth-order valence-corrected chi connectivity index (χ4v) is 3.03. The van der Waals surface area contributed by atoms with E-state index in [9.17, 15) is 0 Å². The van der Waals surface area contributed by atoms with Crippen molar-refractivity contribution in [3.8, 4) is 0 Å². The molecule has 0 spiro atoms. The third-order valence-corrected chi connectivity index (χ3v) is 4.47. The highest BCUT2D eigenvalue weighted by Crippen LogP contribution is 2.11. The third-order valence-electron chi connectivity index (χ3n) is 4.47. The first-order chi connectivity index (χ1) is 12.2. The highest BCUT2D eigenvalue weighted by atomic mass is 16.5. The molecule has 1 aliphatic heterocycles. The molecule has 3 rings (SSSR count). The van der Waals surface area contributed by atoms with Crippen LogP contribution in [0.3, 0.4) is 0 Å². The van der Waals surface area contributed by atoms with E-state index in [1.807, 2.05) is 19.3 Å². The van der Waals surface area contributed by atoms with Crippen LogP contribution in [0.5, 0.6) is 0 Å². The molecule has 2 N–H and O–H groups in total. The van der Waals surface area contributed by atoms with E-state index in [4.69, 9.17) is 4.74 Å². The second kappa shape index (κ2) is 8.67. The Hall–Kier alpha value is -2.34. The fraction of sp³-hybridized carbons (Fsp3) is 0.474. The number of guanidine groups is 1. The molecule has 0 saturated carbocycles. The van der Waals surface area contributed by atoms with Crippen molar-refractivity contribution in [3.05, 3.63) is 53.6 Å². The van der Waals surface area contributed by atoms with Crippen molar-refractivity contribution in [2.75, 3.05) is 20.2 Å². The minimum absolute atomic E-state index is 0.306. The molecule has 1 aliphatic rings. The van der Waals surface area contributed by atoms with Gasteiger partial charge in [-0.2, -0.15) is 0 Å². The molecule has 2 heterocycles. The highest BCUT2D eigenvalue weighted by Gasteiger charge is 2.15. The monoisotopic (exact) mass is 341 g/mol. The summed E-state index contributed by atoms with van der Waals surface area (Å²) in [7, 11) is 1.79. The Bertz CT molecular complexity index is 703. The topological polar surface area (TPSA) is 63.5 Å². The maximum absolute atomic E-state index is 5.63. The zero-order chi connectivity index (χ0) is 17.5. The van der Waals surface area contributed by atoms with Gasteiger partial charge < -0.3 is 19.9 Å². The van der Waals surface area contributed by atoms with Crippen molar-refractivity contribution in [2.45, 2.75) is 39.0 Å². The molecule has 0 amide bonds. The summed E-state index contributed by atoms with van der Waals surface area (Å²) < 4.78 is 7.78. The number of imidazole rings is 1. The van der Waals surface area contributed by atoms with Crippen molar-refractivity contribution in [3.63, 3.8) is 0 Å². The molecular weight excluding hydrogens is 314 g/mol. The van der Waals surface area contributed by atoms with Gasteiger partial charge in [-0.3, -0.25) is 4.99 Å². The molecule has 134 valence electrons. The Morgan fingerprint density at radius 2 is 2.24 bits per heavy atom. The summed E-state index contributed by atoms with van der Waals surface area (Å²) in [6, 6.07) is 8.60. The molecule has 1 aromatic heterocycles. The van der Waals surface area contributed by atoms with Gasteiger partial charge in [0.25, 0.3) is 0 Å². The minimum Gasteiger partial charge on any atom is -0.376 e. The number of ether oxygens (including phenoxy) is 1. The summed E-state index contributed by atoms with van der Waals surface area (Å²) in [5.74, 6) is 1.84. The smallest absolute Gasteiger partial charge is 0.191 e. The van der Waals surface area contributed by atoms with Crippen LogP contribution in [-0.4, -0.2) is 41.8 Å². The van der Waals surface area contributed by atoms with Crippen LogP contribution >= 0.6 is 0 Å². The van der Waals surface area contributed by atoms with Gasteiger partial charge in [0.05, 0.1) is 6.10 Å². The van der Waals surface area contributed by atoms with Crippen LogP contribution in [0, 0.1) is 6.92 Å². The SMILES string of the molecule is CN=C(NCc1cccc(Cn2ccnc2C)c1)NCC1CCCO1. The van der Waals surface area contributed by atoms with Gasteiger partial charge in [-0.25, -0.2) is 4.98 Å². The summed E-state index contributed by atoms with van der Waals surface area (Å²) in [6.07, 6.45) is 6.43. The zero-order valence-corrected chi connectivity index (χ0v) is 15.0. The minimum atomic E-state index is 0.306. The maximum Gasteiger partial charge on any atom is 0.191 e. The second-order valence-corrected chi connectivity index (χ2v) is 6.36. The number of hydrogen-bond donors (Lipinski definition) is 2. The van der Waals surface area contributed by atoms with Gasteiger partial charge in [0.2, 0.25) is 0 Å². The molecule has 0 bridgehead atoms. The number of hydrogen-bond acceptors (Lipinski definition) is 3. The van der Waals surface area contributed by atoms with E-state index < -0.39 is 0 Å². The lowest BCUT2D eigenvalue weighted by molar-refractivity contribution is 0.114. The predicted molar refractivity (Wildman–Crippen MR) is 99.7 cm³/mol. The van der Waals surface area contributed by atoms with Crippen molar-refractivity contribution in [2.24, 2.45) is 4.99 Å². The van der Waals surface area contributed by atoms with Crippen LogP contribution in [0.1, 0.15) is 29.8 Å². The highest BCUT2D eigenvalue weighted by molar-refractivity contribution is 5.79. The summed E-state index contributed by atoms with van der Waals surface area (Å²) in [5.41, 5.74) is 2.50. The van der Waals surface area contributed by atoms with E-state index in [0.29, 0.717) is 6.10 Å². The van der Waals surface area contributed by atoms with E-state index in [1.54, 1.807) is 7.05 Å². The van der Waals surface area contributed by atoms with E-state index in [0.717, 1.165) is 50.9 Å². The largest absolute Gasteiger partial charge is 0.376 e. The van der Waals surface area contributed by atoms with Gasteiger partial charge in [0, 0.05) is 45.7 Å². The Morgan fingerprint density at radius 1 is 1.36 bits per heavy atom. The lowest BCUT2D eigenvalue weighted by atomic mass is 10.1. The first-order valence-electron chi connectivity index (χ1n) is 8.86. The number of aryl methyl sites for hydroxylation is 1. The standard InChI is InChI=1S/C19H27N5O/c1-15-21-8-9-24(15)14-17-6-3-5-16(11-17)12-22-19(20-2)23-13-18-7-4-10-25-18/h3,5-6,8-9,11,18H,4,7,10,12-14H2,1-2H3,(H2,20,22,23). The molecule has 1 unspecified atom stereocenters.